The van der Waals surface area contributed by atoms with Crippen LogP contribution in [0.4, 0.5) is 16.5 Å². The molecule has 1 aromatic heterocycles. The Balaban J connectivity index is 2.28. The normalized spacial score (nSPS) is 10.4. The minimum Gasteiger partial charge on any atom is -0.396 e. The number of nitrogens with two attached hydrogens (primary N) is 1. The zero-order chi connectivity index (χ0) is 11.7. The fourth-order valence-corrected chi connectivity index (χ4v) is 2.21. The predicted octanol–water partition coefficient (Wildman–Crippen LogP) is 3.48. The smallest absolute Gasteiger partial charge is 0.207 e. The molecular weight excluding hydrogens is 267 g/mol. The fraction of sp³-hybridized carbons (Fsp3) is 0.111. The minimum atomic E-state index is 0.377. The third-order valence-corrected chi connectivity index (χ3v) is 3.21. The molecule has 0 aliphatic heterocycles. The zero-order valence-corrected chi connectivity index (χ0v) is 10.6. The highest BCUT2D eigenvalue weighted by Crippen LogP contribution is 2.32. The fourth-order valence-electron chi connectivity index (χ4n) is 1.13. The lowest BCUT2D eigenvalue weighted by atomic mass is 10.3. The largest absolute Gasteiger partial charge is 0.396 e. The molecule has 0 spiro atoms. The molecule has 7 heteroatoms. The van der Waals surface area contributed by atoms with E-state index in [2.05, 4.69) is 14.7 Å². The molecule has 4 nitrogen and oxygen atoms in total. The summed E-state index contributed by atoms with van der Waals surface area (Å²) in [5.74, 6) is 0.722. The summed E-state index contributed by atoms with van der Waals surface area (Å²) in [5, 5.41) is 4.57. The van der Waals surface area contributed by atoms with Gasteiger partial charge in [-0.3, -0.25) is 0 Å². The first-order valence-corrected chi connectivity index (χ1v) is 5.91. The Labute approximate surface area is 107 Å². The molecule has 1 heterocycles. The van der Waals surface area contributed by atoms with Gasteiger partial charge in [0.15, 0.2) is 0 Å². The van der Waals surface area contributed by atoms with E-state index < -0.39 is 0 Å². The Morgan fingerprint density at radius 1 is 1.31 bits per heavy atom. The highest BCUT2D eigenvalue weighted by atomic mass is 35.5. The Morgan fingerprint density at radius 2 is 1.94 bits per heavy atom. The van der Waals surface area contributed by atoms with E-state index in [1.807, 2.05) is 6.92 Å². The molecule has 0 aliphatic carbocycles. The van der Waals surface area contributed by atoms with Crippen LogP contribution in [0.2, 0.25) is 10.0 Å². The SMILES string of the molecule is Cc1nsc(Nc2cc(Cl)c(N)c(Cl)c2)n1. The topological polar surface area (TPSA) is 63.8 Å². The van der Waals surface area contributed by atoms with Crippen LogP contribution in [0, 0.1) is 6.92 Å². The number of halogens is 2. The molecule has 16 heavy (non-hydrogen) atoms. The van der Waals surface area contributed by atoms with Crippen LogP contribution in [0.1, 0.15) is 5.82 Å². The van der Waals surface area contributed by atoms with Crippen LogP contribution in [0.5, 0.6) is 0 Å². The van der Waals surface area contributed by atoms with Crippen molar-refractivity contribution in [2.45, 2.75) is 6.92 Å². The third-order valence-electron chi connectivity index (χ3n) is 1.86. The minimum absolute atomic E-state index is 0.377. The number of nitrogens with one attached hydrogen (secondary N) is 1. The van der Waals surface area contributed by atoms with E-state index in [-0.39, 0.29) is 0 Å². The summed E-state index contributed by atoms with van der Waals surface area (Å²) in [5.41, 5.74) is 6.74. The van der Waals surface area contributed by atoms with E-state index in [9.17, 15) is 0 Å². The number of rotatable bonds is 2. The van der Waals surface area contributed by atoms with Crippen LogP contribution in [0.3, 0.4) is 0 Å². The monoisotopic (exact) mass is 274 g/mol. The van der Waals surface area contributed by atoms with Gasteiger partial charge in [-0.15, -0.1) is 0 Å². The second-order valence-corrected chi connectivity index (χ2v) is 4.69. The van der Waals surface area contributed by atoms with Crippen molar-refractivity contribution in [1.29, 1.82) is 0 Å². The second kappa shape index (κ2) is 4.45. The number of hydrogen-bond acceptors (Lipinski definition) is 5. The highest BCUT2D eigenvalue weighted by molar-refractivity contribution is 7.09. The molecule has 3 N–H and O–H groups in total. The summed E-state index contributed by atoms with van der Waals surface area (Å²) in [6.45, 7) is 1.82. The van der Waals surface area contributed by atoms with Gasteiger partial charge in [-0.25, -0.2) is 4.98 Å². The maximum Gasteiger partial charge on any atom is 0.207 e. The Kier molecular flexibility index (Phi) is 3.18. The van der Waals surface area contributed by atoms with Crippen molar-refractivity contribution in [3.05, 3.63) is 28.0 Å². The van der Waals surface area contributed by atoms with Crippen LogP contribution in [0.15, 0.2) is 12.1 Å². The van der Waals surface area contributed by atoms with Crippen molar-refractivity contribution in [1.82, 2.24) is 9.36 Å². The maximum atomic E-state index is 5.91. The van der Waals surface area contributed by atoms with Gasteiger partial charge in [0, 0.05) is 17.2 Å². The zero-order valence-electron chi connectivity index (χ0n) is 8.29. The van der Waals surface area contributed by atoms with E-state index >= 15 is 0 Å². The molecule has 84 valence electrons. The number of aromatic nitrogens is 2. The average Bonchev–Trinajstić information content (AvgIpc) is 2.60. The van der Waals surface area contributed by atoms with Gasteiger partial charge in [0.05, 0.1) is 15.7 Å². The second-order valence-electron chi connectivity index (χ2n) is 3.13. The van der Waals surface area contributed by atoms with Crippen molar-refractivity contribution < 1.29 is 0 Å². The van der Waals surface area contributed by atoms with Crippen molar-refractivity contribution >= 4 is 51.2 Å². The van der Waals surface area contributed by atoms with Gasteiger partial charge in [-0.05, 0) is 19.1 Å². The van der Waals surface area contributed by atoms with Crippen molar-refractivity contribution in [2.75, 3.05) is 11.1 Å². The predicted molar refractivity (Wildman–Crippen MR) is 68.8 cm³/mol. The van der Waals surface area contributed by atoms with Crippen LogP contribution in [0.25, 0.3) is 0 Å². The summed E-state index contributed by atoms with van der Waals surface area (Å²) in [6.07, 6.45) is 0. The lowest BCUT2D eigenvalue weighted by molar-refractivity contribution is 1.17. The van der Waals surface area contributed by atoms with E-state index in [1.54, 1.807) is 12.1 Å². The quantitative estimate of drug-likeness (QED) is 0.823. The third kappa shape index (κ3) is 2.37. The number of nitrogen functional groups attached to an aromatic ring is 1. The molecule has 0 saturated carbocycles. The number of anilines is 3. The lowest BCUT2D eigenvalue weighted by Gasteiger charge is -2.06. The molecule has 1 aromatic carbocycles. The molecule has 0 atom stereocenters. The first-order valence-electron chi connectivity index (χ1n) is 4.38. The first kappa shape index (κ1) is 11.4. The Hall–Kier alpha value is -1.04. The number of benzene rings is 1. The summed E-state index contributed by atoms with van der Waals surface area (Å²) < 4.78 is 4.05. The summed E-state index contributed by atoms with van der Waals surface area (Å²) in [4.78, 5) is 4.17. The van der Waals surface area contributed by atoms with E-state index in [0.29, 0.717) is 20.9 Å². The van der Waals surface area contributed by atoms with Gasteiger partial charge in [-0.1, -0.05) is 23.2 Å². The van der Waals surface area contributed by atoms with Crippen molar-refractivity contribution in [3.8, 4) is 0 Å². The van der Waals surface area contributed by atoms with Gasteiger partial charge in [0.1, 0.15) is 5.82 Å². The highest BCUT2D eigenvalue weighted by Gasteiger charge is 2.06. The van der Waals surface area contributed by atoms with Gasteiger partial charge < -0.3 is 11.1 Å². The van der Waals surface area contributed by atoms with E-state index in [4.69, 9.17) is 28.9 Å². The average molecular weight is 275 g/mol. The molecule has 2 aromatic rings. The van der Waals surface area contributed by atoms with Crippen molar-refractivity contribution in [2.24, 2.45) is 0 Å². The lowest BCUT2D eigenvalue weighted by Crippen LogP contribution is -1.93. The molecule has 0 radical (unpaired) electrons. The van der Waals surface area contributed by atoms with Gasteiger partial charge in [0.2, 0.25) is 5.13 Å². The standard InChI is InChI=1S/C9H8Cl2N4S/c1-4-13-9(16-15-4)14-5-2-6(10)8(12)7(11)3-5/h2-3H,12H2,1H3,(H,13,14,15). The van der Waals surface area contributed by atoms with Crippen molar-refractivity contribution in [3.63, 3.8) is 0 Å². The molecule has 0 amide bonds. The Bertz CT molecular complexity index is 503. The van der Waals surface area contributed by atoms with Gasteiger partial charge in [0.25, 0.3) is 0 Å². The molecule has 0 aliphatic rings. The van der Waals surface area contributed by atoms with Crippen LogP contribution in [-0.2, 0) is 0 Å². The maximum absolute atomic E-state index is 5.91. The molecule has 0 fully saturated rings. The summed E-state index contributed by atoms with van der Waals surface area (Å²) in [6, 6.07) is 3.39. The van der Waals surface area contributed by atoms with E-state index in [1.165, 1.54) is 11.5 Å². The molecular formula is C9H8Cl2N4S. The number of nitrogens with zero attached hydrogens (tertiary/aromatic N) is 2. The molecule has 0 saturated heterocycles. The first-order chi connectivity index (χ1) is 7.56. The van der Waals surface area contributed by atoms with Crippen LogP contribution in [-0.4, -0.2) is 9.36 Å². The van der Waals surface area contributed by atoms with Gasteiger partial charge in [-0.2, -0.15) is 4.37 Å². The summed E-state index contributed by atoms with van der Waals surface area (Å²) >= 11 is 13.1. The Morgan fingerprint density at radius 3 is 2.44 bits per heavy atom. The molecule has 0 unspecified atom stereocenters. The summed E-state index contributed by atoms with van der Waals surface area (Å²) in [7, 11) is 0. The number of hydrogen-bond donors (Lipinski definition) is 2. The van der Waals surface area contributed by atoms with E-state index in [0.717, 1.165) is 11.5 Å². The molecule has 0 bridgehead atoms. The van der Waals surface area contributed by atoms with Gasteiger partial charge >= 0.3 is 0 Å². The number of aryl methyl sites for hydroxylation is 1. The molecule has 2 rings (SSSR count). The van der Waals surface area contributed by atoms with Crippen LogP contribution >= 0.6 is 34.7 Å². The van der Waals surface area contributed by atoms with Crippen LogP contribution < -0.4 is 11.1 Å².